The molecular formula is C21H28N2O2. The smallest absolute Gasteiger partial charge is 0.248 e. The molecular weight excluding hydrogens is 312 g/mol. The number of rotatable bonds is 5. The van der Waals surface area contributed by atoms with E-state index >= 15 is 0 Å². The molecule has 0 amide bonds. The van der Waals surface area contributed by atoms with Gasteiger partial charge < -0.3 is 14.6 Å². The first-order valence-electron chi connectivity index (χ1n) is 9.66. The van der Waals surface area contributed by atoms with Crippen LogP contribution < -0.4 is 5.56 Å². The van der Waals surface area contributed by atoms with E-state index in [0.29, 0.717) is 23.9 Å². The highest BCUT2D eigenvalue weighted by Crippen LogP contribution is 2.32. The molecule has 1 aliphatic carbocycles. The van der Waals surface area contributed by atoms with Crippen LogP contribution in [0.25, 0.3) is 0 Å². The second-order valence-corrected chi connectivity index (χ2v) is 7.66. The Balaban J connectivity index is 1.30. The summed E-state index contributed by atoms with van der Waals surface area (Å²) in [6.07, 6.45) is 14.3. The molecule has 3 atom stereocenters. The van der Waals surface area contributed by atoms with Crippen molar-refractivity contribution in [3.63, 3.8) is 0 Å². The topological polar surface area (TPSA) is 45.3 Å². The van der Waals surface area contributed by atoms with Gasteiger partial charge in [-0.05, 0) is 56.7 Å². The third kappa shape index (κ3) is 4.13. The SMILES string of the molecule is O=c1cccc(C2CCN(CC3C=CC=C[C@@H]3CC3CCO3)CC2)[nH]1. The minimum Gasteiger partial charge on any atom is -0.378 e. The van der Waals surface area contributed by atoms with Gasteiger partial charge in [-0.15, -0.1) is 0 Å². The van der Waals surface area contributed by atoms with Crippen LogP contribution in [0.3, 0.4) is 0 Å². The highest BCUT2D eigenvalue weighted by atomic mass is 16.5. The van der Waals surface area contributed by atoms with Crippen molar-refractivity contribution in [1.82, 2.24) is 9.88 Å². The van der Waals surface area contributed by atoms with E-state index in [2.05, 4.69) is 40.3 Å². The van der Waals surface area contributed by atoms with Crippen LogP contribution in [-0.4, -0.2) is 42.2 Å². The summed E-state index contributed by atoms with van der Waals surface area (Å²) in [6.45, 7) is 4.30. The van der Waals surface area contributed by atoms with E-state index in [4.69, 9.17) is 4.74 Å². The maximum Gasteiger partial charge on any atom is 0.248 e. The summed E-state index contributed by atoms with van der Waals surface area (Å²) in [5.41, 5.74) is 1.12. The highest BCUT2D eigenvalue weighted by Gasteiger charge is 2.29. The number of likely N-dealkylation sites (tertiary alicyclic amines) is 1. The van der Waals surface area contributed by atoms with Gasteiger partial charge in [0.15, 0.2) is 0 Å². The Morgan fingerprint density at radius 1 is 1.08 bits per heavy atom. The van der Waals surface area contributed by atoms with Crippen molar-refractivity contribution in [2.45, 2.75) is 37.7 Å². The number of allylic oxidation sites excluding steroid dienone is 3. The molecule has 1 N–H and O–H groups in total. The van der Waals surface area contributed by atoms with Gasteiger partial charge in [0.25, 0.3) is 0 Å². The van der Waals surface area contributed by atoms with Crippen LogP contribution in [-0.2, 0) is 4.74 Å². The Bertz CT molecular complexity index is 681. The lowest BCUT2D eigenvalue weighted by atomic mass is 9.82. The zero-order valence-electron chi connectivity index (χ0n) is 14.8. The van der Waals surface area contributed by atoms with Crippen molar-refractivity contribution in [2.75, 3.05) is 26.2 Å². The van der Waals surface area contributed by atoms with Crippen molar-refractivity contribution >= 4 is 0 Å². The summed E-state index contributed by atoms with van der Waals surface area (Å²) in [5, 5.41) is 0. The number of piperidine rings is 1. The first kappa shape index (κ1) is 16.8. The number of aromatic nitrogens is 1. The normalized spacial score (nSPS) is 30.3. The van der Waals surface area contributed by atoms with Crippen LogP contribution in [0.4, 0.5) is 0 Å². The zero-order valence-corrected chi connectivity index (χ0v) is 14.8. The van der Waals surface area contributed by atoms with Crippen LogP contribution in [0.1, 0.15) is 37.3 Å². The monoisotopic (exact) mass is 340 g/mol. The Labute approximate surface area is 149 Å². The molecule has 0 saturated carbocycles. The molecule has 2 unspecified atom stereocenters. The third-order valence-electron chi connectivity index (χ3n) is 5.99. The van der Waals surface area contributed by atoms with Gasteiger partial charge in [0.2, 0.25) is 5.56 Å². The number of aromatic amines is 1. The lowest BCUT2D eigenvalue weighted by Crippen LogP contribution is -2.39. The average Bonchev–Trinajstić information content (AvgIpc) is 2.60. The molecule has 2 aliphatic heterocycles. The maximum atomic E-state index is 11.5. The predicted octanol–water partition coefficient (Wildman–Crippen LogP) is 3.09. The van der Waals surface area contributed by atoms with E-state index in [9.17, 15) is 4.79 Å². The summed E-state index contributed by atoms with van der Waals surface area (Å²) < 4.78 is 5.64. The van der Waals surface area contributed by atoms with Crippen molar-refractivity contribution in [3.05, 3.63) is 58.6 Å². The first-order valence-corrected chi connectivity index (χ1v) is 9.66. The molecule has 4 heteroatoms. The molecule has 25 heavy (non-hydrogen) atoms. The molecule has 0 spiro atoms. The second kappa shape index (κ2) is 7.71. The molecule has 2 saturated heterocycles. The van der Waals surface area contributed by atoms with Crippen LogP contribution in [0, 0.1) is 11.8 Å². The second-order valence-electron chi connectivity index (χ2n) is 7.66. The third-order valence-corrected chi connectivity index (χ3v) is 5.99. The number of nitrogens with zero attached hydrogens (tertiary/aromatic N) is 1. The molecule has 4 rings (SSSR count). The lowest BCUT2D eigenvalue weighted by Gasteiger charge is -2.37. The van der Waals surface area contributed by atoms with Gasteiger partial charge >= 0.3 is 0 Å². The van der Waals surface area contributed by atoms with Crippen LogP contribution in [0.5, 0.6) is 0 Å². The molecule has 3 aliphatic rings. The number of hydrogen-bond donors (Lipinski definition) is 1. The minimum absolute atomic E-state index is 0.0140. The number of hydrogen-bond acceptors (Lipinski definition) is 3. The van der Waals surface area contributed by atoms with Gasteiger partial charge in [-0.25, -0.2) is 0 Å². The average molecular weight is 340 g/mol. The number of ether oxygens (including phenoxy) is 1. The lowest BCUT2D eigenvalue weighted by molar-refractivity contribution is -0.0628. The summed E-state index contributed by atoms with van der Waals surface area (Å²) in [4.78, 5) is 17.1. The van der Waals surface area contributed by atoms with Crippen molar-refractivity contribution in [3.8, 4) is 0 Å². The summed E-state index contributed by atoms with van der Waals surface area (Å²) in [5.74, 6) is 1.70. The van der Waals surface area contributed by atoms with E-state index in [1.165, 1.54) is 6.42 Å². The van der Waals surface area contributed by atoms with Crippen LogP contribution in [0.2, 0.25) is 0 Å². The largest absolute Gasteiger partial charge is 0.378 e. The van der Waals surface area contributed by atoms with Crippen molar-refractivity contribution in [2.24, 2.45) is 11.8 Å². The van der Waals surface area contributed by atoms with E-state index in [1.54, 1.807) is 6.07 Å². The molecule has 4 nitrogen and oxygen atoms in total. The van der Waals surface area contributed by atoms with Crippen molar-refractivity contribution < 1.29 is 4.74 Å². The number of H-pyrrole nitrogens is 1. The molecule has 0 bridgehead atoms. The number of pyridine rings is 1. The zero-order chi connectivity index (χ0) is 17.1. The minimum atomic E-state index is 0.0140. The fraction of sp³-hybridized carbons (Fsp3) is 0.571. The van der Waals surface area contributed by atoms with E-state index < -0.39 is 0 Å². The Morgan fingerprint density at radius 3 is 2.52 bits per heavy atom. The summed E-state index contributed by atoms with van der Waals surface area (Å²) >= 11 is 0. The Kier molecular flexibility index (Phi) is 5.18. The summed E-state index contributed by atoms with van der Waals surface area (Å²) in [7, 11) is 0. The van der Waals surface area contributed by atoms with Gasteiger partial charge in [0.1, 0.15) is 0 Å². The number of nitrogens with one attached hydrogen (secondary N) is 1. The van der Waals surface area contributed by atoms with Gasteiger partial charge in [0.05, 0.1) is 6.10 Å². The van der Waals surface area contributed by atoms with E-state index in [-0.39, 0.29) is 5.56 Å². The molecule has 0 aromatic carbocycles. The molecule has 134 valence electrons. The Hall–Kier alpha value is -1.65. The predicted molar refractivity (Wildman–Crippen MR) is 99.7 cm³/mol. The van der Waals surface area contributed by atoms with Crippen molar-refractivity contribution in [1.29, 1.82) is 0 Å². The fourth-order valence-corrected chi connectivity index (χ4v) is 4.35. The maximum absolute atomic E-state index is 11.5. The fourth-order valence-electron chi connectivity index (χ4n) is 4.35. The quantitative estimate of drug-likeness (QED) is 0.896. The molecule has 0 radical (unpaired) electrons. The standard InChI is InChI=1S/C21H28N2O2/c24-21-7-3-6-20(22-21)16-8-11-23(12-9-16)15-18-5-2-1-4-17(18)14-19-10-13-25-19/h1-7,16-19H,8-15H2,(H,22,24)/t17-,18?,19?/m1/s1. The summed E-state index contributed by atoms with van der Waals surface area (Å²) in [6, 6.07) is 5.52. The van der Waals surface area contributed by atoms with Gasteiger partial charge in [-0.2, -0.15) is 0 Å². The van der Waals surface area contributed by atoms with Crippen LogP contribution in [0.15, 0.2) is 47.3 Å². The first-order chi connectivity index (χ1) is 12.3. The van der Waals surface area contributed by atoms with E-state index in [1.807, 2.05) is 6.07 Å². The Morgan fingerprint density at radius 2 is 1.84 bits per heavy atom. The highest BCUT2D eigenvalue weighted by molar-refractivity contribution is 5.15. The van der Waals surface area contributed by atoms with Gasteiger partial charge in [-0.3, -0.25) is 4.79 Å². The molecule has 1 aromatic rings. The molecule has 2 fully saturated rings. The molecule has 1 aromatic heterocycles. The van der Waals surface area contributed by atoms with Crippen LogP contribution >= 0.6 is 0 Å². The van der Waals surface area contributed by atoms with Gasteiger partial charge in [-0.1, -0.05) is 30.4 Å². The molecule has 3 heterocycles. The van der Waals surface area contributed by atoms with Gasteiger partial charge in [0, 0.05) is 30.8 Å². The van der Waals surface area contributed by atoms with E-state index in [0.717, 1.165) is 51.2 Å².